The number of benzene rings is 3. The van der Waals surface area contributed by atoms with Crippen molar-refractivity contribution in [1.29, 1.82) is 0 Å². The number of aryl methyl sites for hydroxylation is 1. The van der Waals surface area contributed by atoms with E-state index < -0.39 is 5.97 Å². The Labute approximate surface area is 148 Å². The normalized spacial score (nSPS) is 10.8. The molecule has 0 aliphatic carbocycles. The minimum atomic E-state index is -0.649. The summed E-state index contributed by atoms with van der Waals surface area (Å²) < 4.78 is 19.9. The highest BCUT2D eigenvalue weighted by molar-refractivity contribution is 5.89. The van der Waals surface area contributed by atoms with E-state index in [4.69, 9.17) is 4.74 Å². The van der Waals surface area contributed by atoms with Crippen LogP contribution in [-0.2, 0) is 0 Å². The molecule has 0 atom stereocenters. The van der Waals surface area contributed by atoms with Crippen molar-refractivity contribution in [2.75, 3.05) is 0 Å². The fourth-order valence-electron chi connectivity index (χ4n) is 2.69. The summed E-state index contributed by atoms with van der Waals surface area (Å²) >= 11 is 0. The maximum atomic E-state index is 13.1. The number of aromatic nitrogens is 3. The van der Waals surface area contributed by atoms with Gasteiger partial charge in [-0.25, -0.2) is 18.9 Å². The van der Waals surface area contributed by atoms with Gasteiger partial charge < -0.3 is 4.74 Å². The summed E-state index contributed by atoms with van der Waals surface area (Å²) in [6.07, 6.45) is 0. The minimum absolute atomic E-state index is 0.0556. The number of carbonyl (C=O) groups is 1. The lowest BCUT2D eigenvalue weighted by atomic mass is 10.1. The Hall–Kier alpha value is -3.54. The van der Waals surface area contributed by atoms with Crippen molar-refractivity contribution >= 4 is 16.7 Å². The van der Waals surface area contributed by atoms with Crippen LogP contribution in [-0.4, -0.2) is 20.7 Å². The third-order valence-electron chi connectivity index (χ3n) is 3.95. The zero-order valence-electron chi connectivity index (χ0n) is 13.9. The lowest BCUT2D eigenvalue weighted by molar-refractivity contribution is 0.0722. The number of fused-ring (bicyclic) bond motifs is 1. The largest absolute Gasteiger partial charge is 0.421 e. The summed E-state index contributed by atoms with van der Waals surface area (Å²) in [5, 5.41) is 6.21. The molecule has 0 radical (unpaired) electrons. The number of hydrogen-bond acceptors (Lipinski definition) is 4. The monoisotopic (exact) mass is 347 g/mol. The summed E-state index contributed by atoms with van der Waals surface area (Å²) in [4.78, 5) is 16.5. The second kappa shape index (κ2) is 6.40. The van der Waals surface area contributed by atoms with Gasteiger partial charge in [0, 0.05) is 0 Å². The van der Waals surface area contributed by atoms with Gasteiger partial charge in [-0.2, -0.15) is 0 Å². The molecule has 6 heteroatoms. The topological polar surface area (TPSA) is 57.0 Å². The van der Waals surface area contributed by atoms with E-state index in [1.807, 2.05) is 30.3 Å². The summed E-state index contributed by atoms with van der Waals surface area (Å²) in [6, 6.07) is 19.0. The van der Waals surface area contributed by atoms with Crippen LogP contribution >= 0.6 is 0 Å². The number of rotatable bonds is 3. The Morgan fingerprint density at radius 2 is 1.73 bits per heavy atom. The quantitative estimate of drug-likeness (QED) is 0.414. The smallest absolute Gasteiger partial charge is 0.383 e. The Morgan fingerprint density at radius 3 is 2.50 bits per heavy atom. The third-order valence-corrected chi connectivity index (χ3v) is 3.95. The fraction of sp³-hybridized carbons (Fsp3) is 0.0500. The lowest BCUT2D eigenvalue weighted by Gasteiger charge is -2.04. The molecule has 0 spiro atoms. The molecule has 1 aromatic heterocycles. The third kappa shape index (κ3) is 3.04. The van der Waals surface area contributed by atoms with E-state index in [2.05, 4.69) is 10.1 Å². The van der Waals surface area contributed by atoms with Gasteiger partial charge >= 0.3 is 5.97 Å². The van der Waals surface area contributed by atoms with Crippen molar-refractivity contribution < 1.29 is 13.9 Å². The number of esters is 1. The molecule has 5 nitrogen and oxygen atoms in total. The zero-order chi connectivity index (χ0) is 18.1. The molecule has 0 saturated carbocycles. The van der Waals surface area contributed by atoms with Crippen LogP contribution in [0.1, 0.15) is 16.4 Å². The molecule has 128 valence electrons. The molecular weight excluding hydrogens is 333 g/mol. The van der Waals surface area contributed by atoms with Gasteiger partial charge in [-0.3, -0.25) is 0 Å². The van der Waals surface area contributed by atoms with E-state index in [-0.39, 0.29) is 11.6 Å². The van der Waals surface area contributed by atoms with Crippen LogP contribution in [0.4, 0.5) is 4.39 Å². The van der Waals surface area contributed by atoms with Gasteiger partial charge in [0.05, 0.1) is 5.69 Å². The first-order valence-electron chi connectivity index (χ1n) is 8.01. The Balaban J connectivity index is 1.59. The first-order valence-corrected chi connectivity index (χ1v) is 8.01. The van der Waals surface area contributed by atoms with E-state index in [9.17, 15) is 9.18 Å². The van der Waals surface area contributed by atoms with Gasteiger partial charge in [-0.15, -0.1) is 5.10 Å². The van der Waals surface area contributed by atoms with E-state index in [0.29, 0.717) is 17.3 Å². The van der Waals surface area contributed by atoms with E-state index in [0.717, 1.165) is 10.8 Å². The molecule has 3 aromatic carbocycles. The van der Waals surface area contributed by atoms with Crippen LogP contribution in [0.3, 0.4) is 0 Å². The van der Waals surface area contributed by atoms with Gasteiger partial charge in [-0.05, 0) is 54.1 Å². The average molecular weight is 347 g/mol. The number of nitrogens with zero attached hydrogens (tertiary/aromatic N) is 3. The average Bonchev–Trinajstić information content (AvgIpc) is 3.04. The molecule has 0 saturated heterocycles. The molecule has 0 unspecified atom stereocenters. The highest BCUT2D eigenvalue weighted by Crippen LogP contribution is 2.21. The Kier molecular flexibility index (Phi) is 3.93. The van der Waals surface area contributed by atoms with Crippen LogP contribution in [0.15, 0.2) is 66.7 Å². The van der Waals surface area contributed by atoms with E-state index in [1.54, 1.807) is 31.2 Å². The van der Waals surface area contributed by atoms with Gasteiger partial charge in [0.1, 0.15) is 17.4 Å². The predicted molar refractivity (Wildman–Crippen MR) is 95.0 cm³/mol. The molecule has 4 rings (SSSR count). The molecule has 0 N–H and O–H groups in total. The summed E-state index contributed by atoms with van der Waals surface area (Å²) in [5.74, 6) is -0.127. The van der Waals surface area contributed by atoms with Crippen LogP contribution in [0.5, 0.6) is 5.75 Å². The summed E-state index contributed by atoms with van der Waals surface area (Å²) in [7, 11) is 0. The van der Waals surface area contributed by atoms with Crippen molar-refractivity contribution in [2.45, 2.75) is 6.92 Å². The summed E-state index contributed by atoms with van der Waals surface area (Å²) in [6.45, 7) is 1.71. The van der Waals surface area contributed by atoms with Crippen LogP contribution in [0.25, 0.3) is 16.5 Å². The van der Waals surface area contributed by atoms with Gasteiger partial charge in [-0.1, -0.05) is 30.3 Å². The number of hydrogen-bond donors (Lipinski definition) is 0. The first kappa shape index (κ1) is 16.0. The standard InChI is InChI=1S/C20H14FN3O2/c1-13-22-19(23-24(13)17-9-7-16(21)8-10-17)20(25)26-18-11-6-14-4-2-3-5-15(14)12-18/h2-12H,1H3. The highest BCUT2D eigenvalue weighted by atomic mass is 19.1. The van der Waals surface area contributed by atoms with Crippen molar-refractivity contribution in [3.8, 4) is 11.4 Å². The van der Waals surface area contributed by atoms with Crippen LogP contribution in [0.2, 0.25) is 0 Å². The summed E-state index contributed by atoms with van der Waals surface area (Å²) in [5.41, 5.74) is 0.612. The molecule has 26 heavy (non-hydrogen) atoms. The van der Waals surface area contributed by atoms with Crippen molar-refractivity contribution in [3.05, 3.63) is 84.2 Å². The molecule has 0 aliphatic heterocycles. The van der Waals surface area contributed by atoms with Crippen LogP contribution in [0, 0.1) is 12.7 Å². The number of halogens is 1. The molecule has 1 heterocycles. The van der Waals surface area contributed by atoms with Gasteiger partial charge in [0.25, 0.3) is 5.82 Å². The Morgan fingerprint density at radius 1 is 1.00 bits per heavy atom. The molecule has 4 aromatic rings. The van der Waals surface area contributed by atoms with E-state index >= 15 is 0 Å². The SMILES string of the molecule is Cc1nc(C(=O)Oc2ccc3ccccc3c2)nn1-c1ccc(F)cc1. The minimum Gasteiger partial charge on any atom is -0.421 e. The first-order chi connectivity index (χ1) is 12.6. The molecular formula is C20H14FN3O2. The fourth-order valence-corrected chi connectivity index (χ4v) is 2.69. The van der Waals surface area contributed by atoms with Gasteiger partial charge in [0.15, 0.2) is 0 Å². The van der Waals surface area contributed by atoms with Gasteiger partial charge in [0.2, 0.25) is 0 Å². The predicted octanol–water partition coefficient (Wildman–Crippen LogP) is 4.09. The number of ether oxygens (including phenoxy) is 1. The van der Waals surface area contributed by atoms with Crippen molar-refractivity contribution in [1.82, 2.24) is 14.8 Å². The van der Waals surface area contributed by atoms with E-state index in [1.165, 1.54) is 16.8 Å². The van der Waals surface area contributed by atoms with Crippen molar-refractivity contribution in [3.63, 3.8) is 0 Å². The molecule has 0 fully saturated rings. The number of carbonyl (C=O) groups excluding carboxylic acids is 1. The second-order valence-corrected chi connectivity index (χ2v) is 5.77. The highest BCUT2D eigenvalue weighted by Gasteiger charge is 2.17. The maximum Gasteiger partial charge on any atom is 0.383 e. The lowest BCUT2D eigenvalue weighted by Crippen LogP contribution is -2.11. The zero-order valence-corrected chi connectivity index (χ0v) is 13.9. The maximum absolute atomic E-state index is 13.1. The molecule has 0 amide bonds. The van der Waals surface area contributed by atoms with Crippen molar-refractivity contribution in [2.24, 2.45) is 0 Å². The second-order valence-electron chi connectivity index (χ2n) is 5.77. The molecule has 0 aliphatic rings. The molecule has 0 bridgehead atoms. The van der Waals surface area contributed by atoms with Crippen LogP contribution < -0.4 is 4.74 Å². The Bertz CT molecular complexity index is 1100.